The Labute approximate surface area is 275 Å². The molecule has 0 saturated heterocycles. The predicted molar refractivity (Wildman–Crippen MR) is 199 cm³/mol. The van der Waals surface area contributed by atoms with Gasteiger partial charge in [0.25, 0.3) is 5.92 Å². The fourth-order valence-corrected chi connectivity index (χ4v) is 5.44. The van der Waals surface area contributed by atoms with Gasteiger partial charge in [0.2, 0.25) is 0 Å². The second-order valence-electron chi connectivity index (χ2n) is 11.2. The highest BCUT2D eigenvalue weighted by molar-refractivity contribution is 5.29. The zero-order valence-corrected chi connectivity index (χ0v) is 32.0. The Kier molecular flexibility index (Phi) is 29.0. The molecule has 0 aromatic heterocycles. The number of alkyl halides is 2. The number of halogens is 2. The summed E-state index contributed by atoms with van der Waals surface area (Å²) in [6.45, 7) is 34.0. The maximum atomic E-state index is 13.9. The lowest BCUT2D eigenvalue weighted by Gasteiger charge is -2.44. The number of hydrogen-bond donors (Lipinski definition) is 0. The van der Waals surface area contributed by atoms with Crippen molar-refractivity contribution in [2.45, 2.75) is 173 Å². The van der Waals surface area contributed by atoms with Crippen molar-refractivity contribution in [3.8, 4) is 0 Å². The Morgan fingerprint density at radius 1 is 0.932 bits per heavy atom. The summed E-state index contributed by atoms with van der Waals surface area (Å²) in [5.41, 5.74) is 4.73. The van der Waals surface area contributed by atoms with Crippen molar-refractivity contribution in [2.24, 2.45) is 17.8 Å². The summed E-state index contributed by atoms with van der Waals surface area (Å²) in [6, 6.07) is 1.11. The van der Waals surface area contributed by atoms with Gasteiger partial charge in [0, 0.05) is 30.1 Å². The molecule has 2 rings (SSSR count). The normalized spacial score (nSPS) is 21.5. The molecule has 0 amide bonds. The van der Waals surface area contributed by atoms with E-state index in [0.717, 1.165) is 37.5 Å². The van der Waals surface area contributed by atoms with Crippen LogP contribution in [0.4, 0.5) is 8.78 Å². The molecule has 0 radical (unpaired) electrons. The molecular formula is C41H75F2N. The van der Waals surface area contributed by atoms with E-state index in [2.05, 4.69) is 63.5 Å². The van der Waals surface area contributed by atoms with Crippen LogP contribution in [0, 0.1) is 17.8 Å². The van der Waals surface area contributed by atoms with Crippen molar-refractivity contribution >= 4 is 0 Å². The highest BCUT2D eigenvalue weighted by Gasteiger charge is 2.39. The van der Waals surface area contributed by atoms with Crippen LogP contribution in [-0.4, -0.2) is 22.9 Å². The van der Waals surface area contributed by atoms with Crippen molar-refractivity contribution in [3.63, 3.8) is 0 Å². The molecule has 258 valence electrons. The topological polar surface area (TPSA) is 3.24 Å². The van der Waals surface area contributed by atoms with Gasteiger partial charge in [-0.15, -0.1) is 0 Å². The third-order valence-corrected chi connectivity index (χ3v) is 8.10. The fraction of sp³-hybridized carbons (Fsp3) is 0.707. The van der Waals surface area contributed by atoms with Crippen molar-refractivity contribution in [3.05, 3.63) is 71.5 Å². The zero-order chi connectivity index (χ0) is 34.9. The van der Waals surface area contributed by atoms with Crippen LogP contribution >= 0.6 is 0 Å². The molecule has 2 fully saturated rings. The van der Waals surface area contributed by atoms with Crippen LogP contribution in [-0.2, 0) is 0 Å². The van der Waals surface area contributed by atoms with Gasteiger partial charge in [0.1, 0.15) is 0 Å². The van der Waals surface area contributed by atoms with Crippen molar-refractivity contribution in [1.29, 1.82) is 0 Å². The predicted octanol–water partition coefficient (Wildman–Crippen LogP) is 14.3. The monoisotopic (exact) mass is 620 g/mol. The van der Waals surface area contributed by atoms with E-state index in [1.54, 1.807) is 6.92 Å². The van der Waals surface area contributed by atoms with Crippen LogP contribution in [0.15, 0.2) is 71.5 Å². The Bertz CT molecular complexity index is 864. The second kappa shape index (κ2) is 27.4. The first kappa shape index (κ1) is 46.5. The summed E-state index contributed by atoms with van der Waals surface area (Å²) in [5, 5.41) is 0. The maximum Gasteiger partial charge on any atom is 0.251 e. The van der Waals surface area contributed by atoms with Crippen molar-refractivity contribution in [1.82, 2.24) is 4.90 Å². The van der Waals surface area contributed by atoms with E-state index in [9.17, 15) is 8.78 Å². The summed E-state index contributed by atoms with van der Waals surface area (Å²) < 4.78 is 27.9. The number of hydrogen-bond acceptors (Lipinski definition) is 1. The molecule has 1 nitrogen and oxygen atoms in total. The van der Waals surface area contributed by atoms with E-state index < -0.39 is 11.8 Å². The molecule has 0 spiro atoms. The Hall–Kier alpha value is -1.90. The van der Waals surface area contributed by atoms with Gasteiger partial charge in [-0.1, -0.05) is 138 Å². The van der Waals surface area contributed by atoms with Crippen LogP contribution in [0.3, 0.4) is 0 Å². The molecule has 3 heteroatoms. The van der Waals surface area contributed by atoms with Gasteiger partial charge in [-0.05, 0) is 88.7 Å². The molecule has 0 aromatic carbocycles. The van der Waals surface area contributed by atoms with E-state index in [1.165, 1.54) is 43.3 Å². The van der Waals surface area contributed by atoms with Gasteiger partial charge in [-0.25, -0.2) is 8.78 Å². The molecule has 0 aromatic rings. The molecular weight excluding hydrogens is 544 g/mol. The lowest BCUT2D eigenvalue weighted by Crippen LogP contribution is -2.43. The number of rotatable bonds is 13. The van der Waals surface area contributed by atoms with Gasteiger partial charge in [-0.2, -0.15) is 0 Å². The smallest absolute Gasteiger partial charge is 0.251 e. The van der Waals surface area contributed by atoms with Crippen molar-refractivity contribution in [2.75, 3.05) is 0 Å². The quantitative estimate of drug-likeness (QED) is 0.185. The maximum absolute atomic E-state index is 13.9. The minimum Gasteiger partial charge on any atom is -0.369 e. The minimum absolute atomic E-state index is 0.513. The molecule has 0 bridgehead atoms. The SMILES string of the molecule is C=C(C/C=C\C(=C/CC)[C@@H](C)C(C)(F)F)N(C1CC1)[C@H]1CCC(C(/C=C\C)=C/C=C(\C)CC)CC1C.CC.CC.CC.CC. The average molecular weight is 620 g/mol. The molecule has 44 heavy (non-hydrogen) atoms. The summed E-state index contributed by atoms with van der Waals surface area (Å²) in [6.07, 6.45) is 23.6. The Morgan fingerprint density at radius 3 is 1.93 bits per heavy atom. The van der Waals surface area contributed by atoms with E-state index in [-0.39, 0.29) is 0 Å². The molecule has 0 N–H and O–H groups in total. The molecule has 2 saturated carbocycles. The first-order valence-corrected chi connectivity index (χ1v) is 18.2. The number of allylic oxidation sites excluding steroid dienone is 10. The molecule has 0 aliphatic heterocycles. The van der Waals surface area contributed by atoms with E-state index >= 15 is 0 Å². The Morgan fingerprint density at radius 2 is 1.50 bits per heavy atom. The third kappa shape index (κ3) is 17.6. The van der Waals surface area contributed by atoms with Crippen LogP contribution in [0.25, 0.3) is 0 Å². The fourth-order valence-electron chi connectivity index (χ4n) is 5.44. The zero-order valence-electron chi connectivity index (χ0n) is 32.0. The first-order chi connectivity index (χ1) is 21.0. The molecule has 2 unspecified atom stereocenters. The minimum atomic E-state index is -2.72. The van der Waals surface area contributed by atoms with E-state index in [0.29, 0.717) is 23.9 Å². The van der Waals surface area contributed by atoms with Gasteiger partial charge in [-0.3, -0.25) is 0 Å². The lowest BCUT2D eigenvalue weighted by molar-refractivity contribution is -0.0172. The highest BCUT2D eigenvalue weighted by atomic mass is 19.3. The standard InChI is InChI=1S/C33H51F2N.4C2H6/c1-9-13-28(27(7)33(8,34)35)16-12-15-26(6)36(31-20-21-31)32-22-19-30(23-25(32)5)29(14-10-2)18-17-24(4)11-3;4*1-2/h10,12-14,16-18,25,27,30-32H,6,9,11,15,19-23H2,1-5,7-8H3;4*1-2H3/b14-10-,16-12-,24-17+,28-13+,29-18+;;;;/t25?,27-,30?,32+;;;;/m1..../s1. The second-order valence-corrected chi connectivity index (χ2v) is 11.2. The Balaban J connectivity index is -0.00000194. The van der Waals surface area contributed by atoms with Crippen LogP contribution in [0.2, 0.25) is 0 Å². The average Bonchev–Trinajstić information content (AvgIpc) is 3.88. The van der Waals surface area contributed by atoms with Gasteiger partial charge >= 0.3 is 0 Å². The molecule has 2 aliphatic carbocycles. The largest absolute Gasteiger partial charge is 0.369 e. The third-order valence-electron chi connectivity index (χ3n) is 8.10. The first-order valence-electron chi connectivity index (χ1n) is 18.2. The molecule has 4 atom stereocenters. The van der Waals surface area contributed by atoms with E-state index in [1.807, 2.05) is 80.5 Å². The summed E-state index contributed by atoms with van der Waals surface area (Å²) in [4.78, 5) is 2.60. The van der Waals surface area contributed by atoms with Gasteiger partial charge in [0.05, 0.1) is 0 Å². The summed E-state index contributed by atoms with van der Waals surface area (Å²) in [7, 11) is 0. The van der Waals surface area contributed by atoms with Crippen LogP contribution < -0.4 is 0 Å². The molecule has 2 aliphatic rings. The summed E-state index contributed by atoms with van der Waals surface area (Å²) >= 11 is 0. The van der Waals surface area contributed by atoms with E-state index in [4.69, 9.17) is 0 Å². The van der Waals surface area contributed by atoms with Crippen LogP contribution in [0.1, 0.15) is 155 Å². The highest BCUT2D eigenvalue weighted by Crippen LogP contribution is 2.42. The van der Waals surface area contributed by atoms with Crippen molar-refractivity contribution < 1.29 is 8.78 Å². The molecule has 0 heterocycles. The van der Waals surface area contributed by atoms with Gasteiger partial charge < -0.3 is 4.90 Å². The lowest BCUT2D eigenvalue weighted by atomic mass is 9.74. The van der Waals surface area contributed by atoms with Crippen LogP contribution in [0.5, 0.6) is 0 Å². The number of nitrogens with zero attached hydrogens (tertiary/aromatic N) is 1. The summed E-state index contributed by atoms with van der Waals surface area (Å²) in [5.74, 6) is -2.32. The van der Waals surface area contributed by atoms with Gasteiger partial charge in [0.15, 0.2) is 0 Å².